The highest BCUT2D eigenvalue weighted by Crippen LogP contribution is 2.39. The number of nitro benzene ring substituents is 2. The van der Waals surface area contributed by atoms with Crippen LogP contribution in [0.25, 0.3) is 10.2 Å². The molecule has 0 fully saturated rings. The number of nitro groups is 2. The fraction of sp³-hybridized carbons (Fsp3) is 0.100. The minimum absolute atomic E-state index is 0.0813. The van der Waals surface area contributed by atoms with Gasteiger partial charge in [-0.05, 0) is 24.3 Å². The van der Waals surface area contributed by atoms with Gasteiger partial charge in [-0.25, -0.2) is 4.98 Å². The molecule has 4 aromatic rings. The van der Waals surface area contributed by atoms with Crippen molar-refractivity contribution in [1.82, 2.24) is 4.98 Å². The molecule has 0 bridgehead atoms. The van der Waals surface area contributed by atoms with E-state index in [-0.39, 0.29) is 17.2 Å². The van der Waals surface area contributed by atoms with Crippen molar-refractivity contribution in [2.45, 2.75) is 6.54 Å². The van der Waals surface area contributed by atoms with Crippen LogP contribution in [0.5, 0.6) is 5.75 Å². The number of ether oxygens (including phenoxy) is 1. The normalized spacial score (nSPS) is 10.8. The van der Waals surface area contributed by atoms with Crippen LogP contribution in [0.15, 0.2) is 53.1 Å². The fourth-order valence-corrected chi connectivity index (χ4v) is 4.35. The Kier molecular flexibility index (Phi) is 5.94. The molecule has 2 aromatic carbocycles. The number of hydrogen-bond donors (Lipinski definition) is 0. The van der Waals surface area contributed by atoms with Crippen LogP contribution in [-0.4, -0.2) is 27.8 Å². The molecule has 0 aliphatic rings. The van der Waals surface area contributed by atoms with Gasteiger partial charge < -0.3 is 9.15 Å². The molecular formula is C20H13ClN4O7S. The molecule has 2 heterocycles. The number of methoxy groups -OCH3 is 1. The second kappa shape index (κ2) is 8.84. The molecule has 0 saturated heterocycles. The summed E-state index contributed by atoms with van der Waals surface area (Å²) in [5.41, 5.74) is -0.994. The molecule has 0 N–H and O–H groups in total. The Hall–Kier alpha value is -4.03. The first-order valence-electron chi connectivity index (χ1n) is 9.19. The molecule has 0 aliphatic carbocycles. The first-order chi connectivity index (χ1) is 15.8. The van der Waals surface area contributed by atoms with Crippen molar-refractivity contribution in [2.75, 3.05) is 12.0 Å². The third kappa shape index (κ3) is 4.33. The van der Waals surface area contributed by atoms with E-state index < -0.39 is 27.1 Å². The predicted molar refractivity (Wildman–Crippen MR) is 120 cm³/mol. The number of halogens is 1. The molecule has 0 aliphatic heterocycles. The Labute approximate surface area is 194 Å². The monoisotopic (exact) mass is 488 g/mol. The minimum Gasteiger partial charge on any atom is -0.494 e. The summed E-state index contributed by atoms with van der Waals surface area (Å²) in [6.07, 6.45) is 1.43. The molecule has 4 rings (SSSR count). The molecule has 2 aromatic heterocycles. The fourth-order valence-electron chi connectivity index (χ4n) is 3.09. The molecule has 0 spiro atoms. The number of fused-ring (bicyclic) bond motifs is 1. The van der Waals surface area contributed by atoms with Crippen LogP contribution in [0, 0.1) is 20.2 Å². The molecule has 0 unspecified atom stereocenters. The maximum Gasteiger partial charge on any atom is 0.277 e. The van der Waals surface area contributed by atoms with Gasteiger partial charge in [-0.2, -0.15) is 0 Å². The van der Waals surface area contributed by atoms with E-state index in [4.69, 9.17) is 20.8 Å². The highest BCUT2D eigenvalue weighted by Gasteiger charge is 2.28. The molecular weight excluding hydrogens is 476 g/mol. The number of nitrogens with zero attached hydrogens (tertiary/aromatic N) is 4. The Morgan fingerprint density at radius 3 is 2.45 bits per heavy atom. The summed E-state index contributed by atoms with van der Waals surface area (Å²) in [6.45, 7) is -0.0813. The SMILES string of the molecule is COc1ccc(Cl)c2sc(N(Cc3ccco3)C(=O)c3cc([N+](=O)[O-])cc([N+](=O)[O-])c3)nc12. The lowest BCUT2D eigenvalue weighted by molar-refractivity contribution is -0.394. The van der Waals surface area contributed by atoms with Gasteiger partial charge in [-0.15, -0.1) is 0 Å². The molecule has 13 heteroatoms. The third-order valence-electron chi connectivity index (χ3n) is 4.61. The van der Waals surface area contributed by atoms with E-state index in [9.17, 15) is 25.0 Å². The summed E-state index contributed by atoms with van der Waals surface area (Å²) < 4.78 is 11.2. The Morgan fingerprint density at radius 1 is 1.18 bits per heavy atom. The zero-order valence-electron chi connectivity index (χ0n) is 16.8. The number of carbonyl (C=O) groups is 1. The maximum absolute atomic E-state index is 13.5. The van der Waals surface area contributed by atoms with Gasteiger partial charge in [-0.1, -0.05) is 22.9 Å². The molecule has 0 atom stereocenters. The van der Waals surface area contributed by atoms with Gasteiger partial charge in [0, 0.05) is 12.1 Å². The second-order valence-electron chi connectivity index (χ2n) is 6.65. The number of carbonyl (C=O) groups excluding carboxylic acids is 1. The van der Waals surface area contributed by atoms with Crippen molar-refractivity contribution in [3.63, 3.8) is 0 Å². The van der Waals surface area contributed by atoms with Crippen LogP contribution >= 0.6 is 22.9 Å². The van der Waals surface area contributed by atoms with E-state index in [1.165, 1.54) is 18.3 Å². The van der Waals surface area contributed by atoms with Crippen molar-refractivity contribution < 1.29 is 23.8 Å². The summed E-state index contributed by atoms with van der Waals surface area (Å²) in [5, 5.41) is 23.1. The van der Waals surface area contributed by atoms with Gasteiger partial charge in [0.25, 0.3) is 17.3 Å². The number of rotatable bonds is 7. The number of aromatic nitrogens is 1. The minimum atomic E-state index is -0.803. The Bertz CT molecular complexity index is 1350. The van der Waals surface area contributed by atoms with Crippen molar-refractivity contribution >= 4 is 55.6 Å². The molecule has 0 saturated carbocycles. The van der Waals surface area contributed by atoms with Crippen LogP contribution in [0.4, 0.5) is 16.5 Å². The number of amides is 1. The zero-order chi connectivity index (χ0) is 23.7. The smallest absolute Gasteiger partial charge is 0.277 e. The van der Waals surface area contributed by atoms with Crippen LogP contribution < -0.4 is 9.64 Å². The number of hydrogen-bond acceptors (Lipinski definition) is 9. The van der Waals surface area contributed by atoms with E-state index in [2.05, 4.69) is 4.98 Å². The lowest BCUT2D eigenvalue weighted by Crippen LogP contribution is -2.30. The van der Waals surface area contributed by atoms with Gasteiger partial charge in [0.05, 0.1) is 51.1 Å². The second-order valence-corrected chi connectivity index (χ2v) is 8.03. The Morgan fingerprint density at radius 2 is 1.88 bits per heavy atom. The Balaban J connectivity index is 1.86. The first-order valence-corrected chi connectivity index (χ1v) is 10.4. The molecule has 1 amide bonds. The predicted octanol–water partition coefficient (Wildman–Crippen LogP) is 5.21. The molecule has 11 nitrogen and oxygen atoms in total. The van der Waals surface area contributed by atoms with Gasteiger partial charge in [0.2, 0.25) is 0 Å². The van der Waals surface area contributed by atoms with Gasteiger partial charge in [0.15, 0.2) is 5.13 Å². The number of benzene rings is 2. The highest BCUT2D eigenvalue weighted by molar-refractivity contribution is 7.23. The number of furan rings is 1. The summed E-state index contributed by atoms with van der Waals surface area (Å²) >= 11 is 7.40. The van der Waals surface area contributed by atoms with Crippen molar-refractivity contribution in [3.05, 3.63) is 85.3 Å². The number of non-ortho nitro benzene ring substituents is 2. The van der Waals surface area contributed by atoms with Crippen LogP contribution in [-0.2, 0) is 6.54 Å². The van der Waals surface area contributed by atoms with Crippen LogP contribution in [0.1, 0.15) is 16.1 Å². The van der Waals surface area contributed by atoms with Gasteiger partial charge in [-0.3, -0.25) is 29.9 Å². The summed E-state index contributed by atoms with van der Waals surface area (Å²) in [7, 11) is 1.47. The van der Waals surface area contributed by atoms with E-state index >= 15 is 0 Å². The van der Waals surface area contributed by atoms with Gasteiger partial charge in [0.1, 0.15) is 17.0 Å². The maximum atomic E-state index is 13.5. The zero-order valence-corrected chi connectivity index (χ0v) is 18.3. The molecule has 33 heavy (non-hydrogen) atoms. The van der Waals surface area contributed by atoms with E-state index in [0.29, 0.717) is 26.7 Å². The standard InChI is InChI=1S/C20H13ClN4O7S/c1-31-16-5-4-15(21)18-17(16)22-20(33-18)23(10-14-3-2-6-32-14)19(26)11-7-12(24(27)28)9-13(8-11)25(29)30/h2-9H,10H2,1H3. The molecule has 168 valence electrons. The number of anilines is 1. The lowest BCUT2D eigenvalue weighted by Gasteiger charge is -2.18. The summed E-state index contributed by atoms with van der Waals surface area (Å²) in [6, 6.07) is 9.28. The topological polar surface area (TPSA) is 142 Å². The van der Waals surface area contributed by atoms with E-state index in [1.807, 2.05) is 0 Å². The van der Waals surface area contributed by atoms with Crippen molar-refractivity contribution in [2.24, 2.45) is 0 Å². The van der Waals surface area contributed by atoms with E-state index in [0.717, 1.165) is 29.5 Å². The molecule has 0 radical (unpaired) electrons. The average Bonchev–Trinajstić information content (AvgIpc) is 3.47. The van der Waals surface area contributed by atoms with Crippen molar-refractivity contribution in [3.8, 4) is 5.75 Å². The van der Waals surface area contributed by atoms with Crippen LogP contribution in [0.2, 0.25) is 5.02 Å². The van der Waals surface area contributed by atoms with E-state index in [1.54, 1.807) is 24.3 Å². The summed E-state index contributed by atoms with van der Waals surface area (Å²) in [4.78, 5) is 40.1. The highest BCUT2D eigenvalue weighted by atomic mass is 35.5. The lowest BCUT2D eigenvalue weighted by atomic mass is 10.1. The first kappa shape index (κ1) is 22.2. The third-order valence-corrected chi connectivity index (χ3v) is 6.15. The van der Waals surface area contributed by atoms with Crippen molar-refractivity contribution in [1.29, 1.82) is 0 Å². The van der Waals surface area contributed by atoms with Gasteiger partial charge >= 0.3 is 0 Å². The quantitative estimate of drug-likeness (QED) is 0.254. The number of thiazole rings is 1. The van der Waals surface area contributed by atoms with Crippen LogP contribution in [0.3, 0.4) is 0 Å². The average molecular weight is 489 g/mol. The largest absolute Gasteiger partial charge is 0.494 e. The summed E-state index contributed by atoms with van der Waals surface area (Å²) in [5.74, 6) is 0.0984.